The highest BCUT2D eigenvalue weighted by Crippen LogP contribution is 2.11. The van der Waals surface area contributed by atoms with Crippen LogP contribution < -0.4 is 0 Å². The van der Waals surface area contributed by atoms with Crippen molar-refractivity contribution in [3.63, 3.8) is 0 Å². The number of rotatable bonds is 5. The topological polar surface area (TPSA) is 88.4 Å². The number of ether oxygens (including phenoxy) is 1. The largest absolute Gasteiger partial charge is 0.755 e. The summed E-state index contributed by atoms with van der Waals surface area (Å²) in [7, 11) is 0. The molecule has 2 aromatic rings. The maximum absolute atomic E-state index is 11.8. The molecular weight excluding hydrogens is 282 g/mol. The Labute approximate surface area is 117 Å². The molecule has 0 aliphatic rings. The molecule has 0 aliphatic heterocycles. The van der Waals surface area contributed by atoms with Gasteiger partial charge >= 0.3 is 5.97 Å². The number of carbonyl (C=O) groups is 2. The highest BCUT2D eigenvalue weighted by atomic mass is 32.2. The van der Waals surface area contributed by atoms with Gasteiger partial charge in [-0.05, 0) is 11.6 Å². The molecule has 1 atom stereocenters. The number of carbonyl (C=O) groups excluding carboxylic acids is 2. The van der Waals surface area contributed by atoms with Gasteiger partial charge in [0.15, 0.2) is 6.29 Å². The van der Waals surface area contributed by atoms with Gasteiger partial charge in [0.1, 0.15) is 12.3 Å². The number of aromatic nitrogens is 1. The Balaban J connectivity index is 2.14. The van der Waals surface area contributed by atoms with Crippen LogP contribution in [0.2, 0.25) is 0 Å². The highest BCUT2D eigenvalue weighted by Gasteiger charge is 2.15. The first-order valence-corrected chi connectivity index (χ1v) is 6.63. The Morgan fingerprint density at radius 3 is 2.65 bits per heavy atom. The third-order valence-electron chi connectivity index (χ3n) is 2.53. The number of esters is 1. The van der Waals surface area contributed by atoms with Crippen LogP contribution in [0.5, 0.6) is 0 Å². The maximum atomic E-state index is 11.8. The van der Waals surface area contributed by atoms with Crippen molar-refractivity contribution in [3.8, 4) is 0 Å². The van der Waals surface area contributed by atoms with Crippen LogP contribution in [0, 0.1) is 0 Å². The van der Waals surface area contributed by atoms with Crippen molar-refractivity contribution in [1.82, 2.24) is 3.97 Å². The SMILES string of the molecule is O=Cc1cc(C(=O)OCc2ccccc2)n(S(=O)[O-])c1. The minimum absolute atomic E-state index is 0.0206. The fourth-order valence-corrected chi connectivity index (χ4v) is 2.09. The predicted molar refractivity (Wildman–Crippen MR) is 69.7 cm³/mol. The summed E-state index contributed by atoms with van der Waals surface area (Å²) >= 11 is -2.68. The van der Waals surface area contributed by atoms with E-state index in [1.165, 1.54) is 0 Å². The van der Waals surface area contributed by atoms with Gasteiger partial charge in [0.25, 0.3) is 0 Å². The second kappa shape index (κ2) is 6.27. The molecule has 1 unspecified atom stereocenters. The molecule has 0 saturated heterocycles. The number of hydrogen-bond acceptors (Lipinski definition) is 5. The highest BCUT2D eigenvalue weighted by molar-refractivity contribution is 7.77. The van der Waals surface area contributed by atoms with Gasteiger partial charge < -0.3 is 9.29 Å². The first-order chi connectivity index (χ1) is 9.61. The summed E-state index contributed by atoms with van der Waals surface area (Å²) in [5, 5.41) is 0. The molecule has 0 saturated carbocycles. The van der Waals surface area contributed by atoms with E-state index in [1.54, 1.807) is 24.3 Å². The van der Waals surface area contributed by atoms with E-state index in [0.717, 1.165) is 17.8 Å². The molecule has 1 aromatic carbocycles. The summed E-state index contributed by atoms with van der Waals surface area (Å²) in [6, 6.07) is 10.1. The Morgan fingerprint density at radius 1 is 1.35 bits per heavy atom. The standard InChI is InChI=1S/C13H11NO5S/c15-8-11-6-12(14(7-11)20(17)18)13(16)19-9-10-4-2-1-3-5-10/h1-8H,9H2,(H,17,18)/p-1. The lowest BCUT2D eigenvalue weighted by Gasteiger charge is -2.10. The Hall–Kier alpha value is -2.25. The maximum Gasteiger partial charge on any atom is 0.356 e. The van der Waals surface area contributed by atoms with Gasteiger partial charge in [0.2, 0.25) is 0 Å². The quantitative estimate of drug-likeness (QED) is 0.471. The average molecular weight is 292 g/mol. The number of hydrogen-bond donors (Lipinski definition) is 0. The van der Waals surface area contributed by atoms with Crippen molar-refractivity contribution < 1.29 is 23.1 Å². The van der Waals surface area contributed by atoms with Gasteiger partial charge in [0, 0.05) is 11.8 Å². The predicted octanol–water partition coefficient (Wildman–Crippen LogP) is 1.30. The van der Waals surface area contributed by atoms with Gasteiger partial charge in [-0.3, -0.25) is 13.0 Å². The van der Waals surface area contributed by atoms with E-state index >= 15 is 0 Å². The van der Waals surface area contributed by atoms with Gasteiger partial charge in [-0.15, -0.1) is 0 Å². The molecule has 0 bridgehead atoms. The summed E-state index contributed by atoms with van der Waals surface area (Å²) in [5.41, 5.74) is 0.648. The number of benzene rings is 1. The molecule has 1 heterocycles. The molecule has 104 valence electrons. The molecule has 0 amide bonds. The second-order valence-electron chi connectivity index (χ2n) is 3.88. The van der Waals surface area contributed by atoms with Crippen LogP contribution in [-0.4, -0.2) is 25.0 Å². The Kier molecular flexibility index (Phi) is 4.44. The van der Waals surface area contributed by atoms with Crippen molar-refractivity contribution in [3.05, 3.63) is 59.4 Å². The van der Waals surface area contributed by atoms with E-state index in [9.17, 15) is 18.4 Å². The molecular formula is C13H10NO5S-. The van der Waals surface area contributed by atoms with Gasteiger partial charge in [-0.25, -0.2) is 4.79 Å². The fraction of sp³-hybridized carbons (Fsp3) is 0.0769. The van der Waals surface area contributed by atoms with E-state index in [-0.39, 0.29) is 17.9 Å². The first kappa shape index (κ1) is 14.2. The third kappa shape index (κ3) is 3.19. The minimum Gasteiger partial charge on any atom is -0.755 e. The lowest BCUT2D eigenvalue weighted by Crippen LogP contribution is -2.14. The monoisotopic (exact) mass is 292 g/mol. The van der Waals surface area contributed by atoms with Crippen LogP contribution >= 0.6 is 0 Å². The molecule has 7 heteroatoms. The zero-order chi connectivity index (χ0) is 14.5. The van der Waals surface area contributed by atoms with Crippen molar-refractivity contribution in [2.75, 3.05) is 0 Å². The van der Waals surface area contributed by atoms with Crippen LogP contribution in [0.3, 0.4) is 0 Å². The molecule has 0 N–H and O–H groups in total. The van der Waals surface area contributed by atoms with Crippen LogP contribution in [0.1, 0.15) is 26.4 Å². The summed E-state index contributed by atoms with van der Waals surface area (Å²) in [5.74, 6) is -0.814. The molecule has 6 nitrogen and oxygen atoms in total. The Morgan fingerprint density at radius 2 is 2.05 bits per heavy atom. The molecule has 0 spiro atoms. The molecule has 2 rings (SSSR count). The lowest BCUT2D eigenvalue weighted by molar-refractivity contribution is 0.0464. The minimum atomic E-state index is -2.68. The normalized spacial score (nSPS) is 11.8. The Bertz CT molecular complexity index is 650. The first-order valence-electron chi connectivity index (χ1n) is 5.60. The van der Waals surface area contributed by atoms with Crippen molar-refractivity contribution in [1.29, 1.82) is 0 Å². The van der Waals surface area contributed by atoms with Gasteiger partial charge in [-0.2, -0.15) is 0 Å². The molecule has 0 fully saturated rings. The summed E-state index contributed by atoms with van der Waals surface area (Å²) in [6.45, 7) is 0.0206. The summed E-state index contributed by atoms with van der Waals surface area (Å²) < 4.78 is 27.6. The average Bonchev–Trinajstić information content (AvgIpc) is 2.90. The summed E-state index contributed by atoms with van der Waals surface area (Å²) in [4.78, 5) is 22.5. The molecule has 0 radical (unpaired) electrons. The smallest absolute Gasteiger partial charge is 0.356 e. The number of aldehydes is 1. The number of nitrogens with zero attached hydrogens (tertiary/aromatic N) is 1. The van der Waals surface area contributed by atoms with Crippen molar-refractivity contribution in [2.45, 2.75) is 6.61 Å². The summed E-state index contributed by atoms with van der Waals surface area (Å²) in [6.07, 6.45) is 1.51. The van der Waals surface area contributed by atoms with E-state index in [0.29, 0.717) is 10.3 Å². The van der Waals surface area contributed by atoms with E-state index in [2.05, 4.69) is 0 Å². The molecule has 20 heavy (non-hydrogen) atoms. The zero-order valence-corrected chi connectivity index (χ0v) is 11.0. The van der Waals surface area contributed by atoms with Crippen LogP contribution in [0.25, 0.3) is 0 Å². The van der Waals surface area contributed by atoms with Crippen LogP contribution in [-0.2, 0) is 22.6 Å². The fourth-order valence-electron chi connectivity index (χ4n) is 1.60. The van der Waals surface area contributed by atoms with E-state index < -0.39 is 17.2 Å². The third-order valence-corrected chi connectivity index (χ3v) is 3.15. The van der Waals surface area contributed by atoms with Crippen LogP contribution in [0.15, 0.2) is 42.6 Å². The lowest BCUT2D eigenvalue weighted by atomic mass is 10.2. The van der Waals surface area contributed by atoms with Crippen molar-refractivity contribution >= 4 is 23.5 Å². The second-order valence-corrected chi connectivity index (χ2v) is 4.71. The van der Waals surface area contributed by atoms with Gasteiger partial charge in [0.05, 0.1) is 11.3 Å². The molecule has 1 aromatic heterocycles. The van der Waals surface area contributed by atoms with E-state index in [4.69, 9.17) is 4.74 Å². The van der Waals surface area contributed by atoms with Gasteiger partial charge in [-0.1, -0.05) is 30.3 Å². The van der Waals surface area contributed by atoms with E-state index in [1.807, 2.05) is 6.07 Å². The van der Waals surface area contributed by atoms with Crippen LogP contribution in [0.4, 0.5) is 0 Å². The zero-order valence-electron chi connectivity index (χ0n) is 10.2. The molecule has 0 aliphatic carbocycles. The van der Waals surface area contributed by atoms with Crippen molar-refractivity contribution in [2.24, 2.45) is 0 Å².